The van der Waals surface area contributed by atoms with Gasteiger partial charge in [0.25, 0.3) is 0 Å². The topological polar surface area (TPSA) is 33.0 Å². The lowest BCUT2D eigenvalue weighted by Crippen LogP contribution is -2.12. The van der Waals surface area contributed by atoms with E-state index in [1.54, 1.807) is 12.1 Å². The number of nitrogens with zero attached hydrogens (tertiary/aromatic N) is 1. The number of ether oxygens (including phenoxy) is 1. The van der Waals surface area contributed by atoms with Crippen molar-refractivity contribution in [3.63, 3.8) is 0 Å². The Bertz CT molecular complexity index is 489. The van der Waals surface area contributed by atoms with E-state index in [1.165, 1.54) is 6.07 Å². The van der Waals surface area contributed by atoms with E-state index in [9.17, 15) is 9.65 Å². The summed E-state index contributed by atoms with van der Waals surface area (Å²) in [6.45, 7) is 6.31. The molecule has 0 aliphatic heterocycles. The number of hydrogen-bond acceptors (Lipinski definition) is 2. The van der Waals surface area contributed by atoms with Gasteiger partial charge in [-0.05, 0) is 36.5 Å². The molecule has 1 saturated carbocycles. The zero-order valence-corrected chi connectivity index (χ0v) is 10.4. The summed E-state index contributed by atoms with van der Waals surface area (Å²) in [5.74, 6) is -0.135. The first-order chi connectivity index (χ1) is 7.97. The van der Waals surface area contributed by atoms with Gasteiger partial charge >= 0.3 is 0 Å². The molecule has 90 valence electrons. The van der Waals surface area contributed by atoms with Gasteiger partial charge in [-0.15, -0.1) is 0 Å². The Morgan fingerprint density at radius 2 is 2.12 bits per heavy atom. The minimum Gasteiger partial charge on any atom is -0.491 e. The zero-order chi connectivity index (χ0) is 12.7. The maximum atomic E-state index is 13.7. The third-order valence-corrected chi connectivity index (χ3v) is 3.65. The summed E-state index contributed by atoms with van der Waals surface area (Å²) >= 11 is 0. The molecule has 2 rings (SSSR count). The number of rotatable bonds is 3. The summed E-state index contributed by atoms with van der Waals surface area (Å²) in [6, 6.07) is 7.17. The van der Waals surface area contributed by atoms with Gasteiger partial charge in [0.2, 0.25) is 0 Å². The maximum absolute atomic E-state index is 13.7. The fraction of sp³-hybridized carbons (Fsp3) is 0.500. The smallest absolute Gasteiger partial charge is 0.165 e. The highest BCUT2D eigenvalue weighted by Gasteiger charge is 2.63. The van der Waals surface area contributed by atoms with Crippen molar-refractivity contribution in [1.82, 2.24) is 0 Å². The summed E-state index contributed by atoms with van der Waals surface area (Å²) in [5.41, 5.74) is 0.158. The molecule has 0 N–H and O–H groups in total. The Hall–Kier alpha value is -1.56. The van der Waals surface area contributed by atoms with E-state index in [0.29, 0.717) is 6.61 Å². The van der Waals surface area contributed by atoms with Crippen molar-refractivity contribution < 1.29 is 9.13 Å². The summed E-state index contributed by atoms with van der Waals surface area (Å²) in [6.07, 6.45) is 0.782. The molecular formula is C14H16FNO. The normalized spacial score (nSPS) is 25.1. The standard InChI is InChI=1S/C14H16FNO/c1-4-17-12-6-5-10(7-11(12)15)14(9-16)8-13(14,2)3/h5-7H,4,8H2,1-3H3. The fourth-order valence-corrected chi connectivity index (χ4v) is 2.41. The van der Waals surface area contributed by atoms with Crippen LogP contribution in [0.2, 0.25) is 0 Å². The number of hydrogen-bond donors (Lipinski definition) is 0. The van der Waals surface area contributed by atoms with Crippen molar-refractivity contribution in [2.24, 2.45) is 5.41 Å². The first kappa shape index (κ1) is 11.9. The van der Waals surface area contributed by atoms with Crippen molar-refractivity contribution in [2.75, 3.05) is 6.61 Å². The molecule has 17 heavy (non-hydrogen) atoms. The maximum Gasteiger partial charge on any atom is 0.165 e. The van der Waals surface area contributed by atoms with Gasteiger partial charge in [-0.1, -0.05) is 19.9 Å². The fourth-order valence-electron chi connectivity index (χ4n) is 2.41. The molecule has 3 heteroatoms. The average molecular weight is 233 g/mol. The summed E-state index contributed by atoms with van der Waals surface area (Å²) in [7, 11) is 0. The number of halogens is 1. The van der Waals surface area contributed by atoms with E-state index in [2.05, 4.69) is 6.07 Å². The van der Waals surface area contributed by atoms with Gasteiger partial charge < -0.3 is 4.74 Å². The van der Waals surface area contributed by atoms with Crippen molar-refractivity contribution in [1.29, 1.82) is 5.26 Å². The molecular weight excluding hydrogens is 217 g/mol. The molecule has 2 nitrogen and oxygen atoms in total. The highest BCUT2D eigenvalue weighted by atomic mass is 19.1. The van der Waals surface area contributed by atoms with Crippen LogP contribution in [-0.2, 0) is 5.41 Å². The largest absolute Gasteiger partial charge is 0.491 e. The second kappa shape index (κ2) is 3.73. The molecule has 0 saturated heterocycles. The molecule has 1 fully saturated rings. The number of benzene rings is 1. The molecule has 0 aromatic heterocycles. The van der Waals surface area contributed by atoms with E-state index < -0.39 is 5.41 Å². The zero-order valence-electron chi connectivity index (χ0n) is 10.4. The molecule has 1 aliphatic carbocycles. The predicted molar refractivity (Wildman–Crippen MR) is 63.3 cm³/mol. The van der Waals surface area contributed by atoms with E-state index in [-0.39, 0.29) is 17.0 Å². The Morgan fingerprint density at radius 3 is 2.53 bits per heavy atom. The second-order valence-electron chi connectivity index (χ2n) is 5.16. The molecule has 1 unspecified atom stereocenters. The van der Waals surface area contributed by atoms with E-state index in [0.717, 1.165) is 12.0 Å². The SMILES string of the molecule is CCOc1ccc(C2(C#N)CC2(C)C)cc1F. The van der Waals surface area contributed by atoms with Crippen LogP contribution in [-0.4, -0.2) is 6.61 Å². The van der Waals surface area contributed by atoms with Crippen LogP contribution in [0.1, 0.15) is 32.8 Å². The van der Waals surface area contributed by atoms with Crippen LogP contribution in [0.15, 0.2) is 18.2 Å². The van der Waals surface area contributed by atoms with Gasteiger partial charge in [0.05, 0.1) is 18.1 Å². The van der Waals surface area contributed by atoms with Crippen LogP contribution in [0.4, 0.5) is 4.39 Å². The molecule has 1 aromatic rings. The first-order valence-corrected chi connectivity index (χ1v) is 5.81. The van der Waals surface area contributed by atoms with Crippen LogP contribution >= 0.6 is 0 Å². The van der Waals surface area contributed by atoms with Crippen molar-refractivity contribution in [3.8, 4) is 11.8 Å². The van der Waals surface area contributed by atoms with Crippen LogP contribution in [0.3, 0.4) is 0 Å². The quantitative estimate of drug-likeness (QED) is 0.801. The third-order valence-electron chi connectivity index (χ3n) is 3.65. The summed E-state index contributed by atoms with van der Waals surface area (Å²) in [5, 5.41) is 9.31. The second-order valence-corrected chi connectivity index (χ2v) is 5.16. The van der Waals surface area contributed by atoms with Gasteiger partial charge in [-0.3, -0.25) is 0 Å². The molecule has 1 atom stereocenters. The lowest BCUT2D eigenvalue weighted by atomic mass is 9.89. The lowest BCUT2D eigenvalue weighted by Gasteiger charge is -2.14. The molecule has 0 bridgehead atoms. The molecule has 0 heterocycles. The van der Waals surface area contributed by atoms with E-state index in [1.807, 2.05) is 20.8 Å². The van der Waals surface area contributed by atoms with Gasteiger partial charge in [-0.2, -0.15) is 5.26 Å². The molecule has 0 spiro atoms. The van der Waals surface area contributed by atoms with E-state index in [4.69, 9.17) is 4.74 Å². The van der Waals surface area contributed by atoms with Crippen LogP contribution < -0.4 is 4.74 Å². The lowest BCUT2D eigenvalue weighted by molar-refractivity contribution is 0.321. The Labute approximate surface area is 101 Å². The number of nitriles is 1. The molecule has 0 amide bonds. The van der Waals surface area contributed by atoms with Gasteiger partial charge in [0, 0.05) is 0 Å². The molecule has 1 aliphatic rings. The molecule has 1 aromatic carbocycles. The minimum atomic E-state index is -0.529. The highest BCUT2D eigenvalue weighted by molar-refractivity contribution is 5.46. The van der Waals surface area contributed by atoms with Gasteiger partial charge in [0.1, 0.15) is 0 Å². The third kappa shape index (κ3) is 1.68. The Balaban J connectivity index is 2.37. The van der Waals surface area contributed by atoms with Crippen LogP contribution in [0.5, 0.6) is 5.75 Å². The van der Waals surface area contributed by atoms with Crippen LogP contribution in [0.25, 0.3) is 0 Å². The first-order valence-electron chi connectivity index (χ1n) is 5.81. The van der Waals surface area contributed by atoms with Gasteiger partial charge in [0.15, 0.2) is 11.6 Å². The van der Waals surface area contributed by atoms with Gasteiger partial charge in [-0.25, -0.2) is 4.39 Å². The molecule has 0 radical (unpaired) electrons. The average Bonchev–Trinajstić information content (AvgIpc) is 2.85. The van der Waals surface area contributed by atoms with Crippen LogP contribution in [0, 0.1) is 22.6 Å². The highest BCUT2D eigenvalue weighted by Crippen LogP contribution is 2.64. The Morgan fingerprint density at radius 1 is 1.47 bits per heavy atom. The Kier molecular flexibility index (Phi) is 2.61. The predicted octanol–water partition coefficient (Wildman–Crippen LogP) is 3.42. The minimum absolute atomic E-state index is 0.0681. The monoisotopic (exact) mass is 233 g/mol. The van der Waals surface area contributed by atoms with E-state index >= 15 is 0 Å². The van der Waals surface area contributed by atoms with Crippen molar-refractivity contribution >= 4 is 0 Å². The van der Waals surface area contributed by atoms with Crippen molar-refractivity contribution in [2.45, 2.75) is 32.6 Å². The van der Waals surface area contributed by atoms with Crippen molar-refractivity contribution in [3.05, 3.63) is 29.6 Å². The summed E-state index contributed by atoms with van der Waals surface area (Å²) in [4.78, 5) is 0. The summed E-state index contributed by atoms with van der Waals surface area (Å²) < 4.78 is 18.9.